The van der Waals surface area contributed by atoms with E-state index in [9.17, 15) is 5.11 Å². The smallest absolute Gasteiger partial charge is 0.106 e. The predicted molar refractivity (Wildman–Crippen MR) is 81.3 cm³/mol. The maximum Gasteiger partial charge on any atom is 0.106 e. The number of hydrogen-bond donors (Lipinski definition) is 2. The van der Waals surface area contributed by atoms with Crippen molar-refractivity contribution in [3.8, 4) is 0 Å². The van der Waals surface area contributed by atoms with Crippen LogP contribution < -0.4 is 5.73 Å². The van der Waals surface area contributed by atoms with E-state index in [-0.39, 0.29) is 6.61 Å². The van der Waals surface area contributed by atoms with Gasteiger partial charge in [0.25, 0.3) is 0 Å². The van der Waals surface area contributed by atoms with Gasteiger partial charge in [0.15, 0.2) is 0 Å². The van der Waals surface area contributed by atoms with Crippen molar-refractivity contribution in [2.24, 2.45) is 5.73 Å². The van der Waals surface area contributed by atoms with Crippen molar-refractivity contribution in [2.75, 3.05) is 0 Å². The number of nitrogens with two attached hydrogens (primary N) is 1. The highest BCUT2D eigenvalue weighted by molar-refractivity contribution is 9.10. The van der Waals surface area contributed by atoms with Gasteiger partial charge in [-0.05, 0) is 23.8 Å². The average Bonchev–Trinajstić information content (AvgIpc) is 2.42. The summed E-state index contributed by atoms with van der Waals surface area (Å²) < 4.78 is 0.894. The van der Waals surface area contributed by atoms with Gasteiger partial charge in [0.1, 0.15) is 5.03 Å². The van der Waals surface area contributed by atoms with Gasteiger partial charge in [-0.3, -0.25) is 0 Å². The Balaban J connectivity index is 2.43. The normalized spacial score (nSPS) is 10.7. The Morgan fingerprint density at radius 2 is 2.16 bits per heavy atom. The Morgan fingerprint density at radius 1 is 1.37 bits per heavy atom. The number of pyridine rings is 1. The van der Waals surface area contributed by atoms with E-state index in [1.807, 2.05) is 18.2 Å². The van der Waals surface area contributed by atoms with Crippen molar-refractivity contribution >= 4 is 39.3 Å². The summed E-state index contributed by atoms with van der Waals surface area (Å²) in [7, 11) is 0. The molecule has 0 fully saturated rings. The second-order valence-electron chi connectivity index (χ2n) is 3.81. The molecule has 2 rings (SSSR count). The molecule has 1 aromatic heterocycles. The van der Waals surface area contributed by atoms with Crippen molar-refractivity contribution in [3.05, 3.63) is 51.1 Å². The van der Waals surface area contributed by atoms with Crippen LogP contribution >= 0.6 is 39.3 Å². The molecular formula is C13H12BrClN2OS. The molecule has 3 N–H and O–H groups in total. The Hall–Kier alpha value is -0.590. The summed E-state index contributed by atoms with van der Waals surface area (Å²) in [5.41, 5.74) is 7.47. The molecule has 0 aliphatic rings. The number of benzene rings is 1. The first kappa shape index (κ1) is 14.8. The molecule has 0 saturated heterocycles. The van der Waals surface area contributed by atoms with Gasteiger partial charge in [-0.25, -0.2) is 4.98 Å². The van der Waals surface area contributed by atoms with Gasteiger partial charge in [0, 0.05) is 27.7 Å². The lowest BCUT2D eigenvalue weighted by Crippen LogP contribution is -2.00. The van der Waals surface area contributed by atoms with Crippen LogP contribution in [0.5, 0.6) is 0 Å². The molecule has 3 nitrogen and oxygen atoms in total. The molecule has 0 unspecified atom stereocenters. The Labute approximate surface area is 129 Å². The summed E-state index contributed by atoms with van der Waals surface area (Å²) in [5, 5.41) is 10.7. The SMILES string of the molecule is NCc1cc(Br)cc(Cl)c1Sc1ncccc1CO. The number of halogens is 2. The third-order valence-electron chi connectivity index (χ3n) is 2.52. The number of nitrogens with zero attached hydrogens (tertiary/aromatic N) is 1. The van der Waals surface area contributed by atoms with Crippen molar-refractivity contribution in [3.63, 3.8) is 0 Å². The molecule has 0 amide bonds. The van der Waals surface area contributed by atoms with Gasteiger partial charge in [-0.1, -0.05) is 45.4 Å². The second-order valence-corrected chi connectivity index (χ2v) is 6.13. The largest absolute Gasteiger partial charge is 0.392 e. The van der Waals surface area contributed by atoms with E-state index >= 15 is 0 Å². The Bertz CT molecular complexity index is 595. The molecule has 19 heavy (non-hydrogen) atoms. The predicted octanol–water partition coefficient (Wildman–Crippen LogP) is 3.60. The van der Waals surface area contributed by atoms with Crippen molar-refractivity contribution < 1.29 is 5.11 Å². The summed E-state index contributed by atoms with van der Waals surface area (Å²) in [6, 6.07) is 7.40. The molecule has 0 atom stereocenters. The van der Waals surface area contributed by atoms with Crippen LogP contribution in [-0.2, 0) is 13.2 Å². The molecule has 1 heterocycles. The van der Waals surface area contributed by atoms with Crippen LogP contribution in [0.2, 0.25) is 5.02 Å². The summed E-state index contributed by atoms with van der Waals surface area (Å²) in [6.07, 6.45) is 1.69. The molecule has 0 aliphatic heterocycles. The zero-order valence-corrected chi connectivity index (χ0v) is 13.1. The van der Waals surface area contributed by atoms with E-state index in [0.29, 0.717) is 11.6 Å². The summed E-state index contributed by atoms with van der Waals surface area (Å²) in [5.74, 6) is 0. The maximum absolute atomic E-state index is 9.32. The standard InChI is InChI=1S/C13H12BrClN2OS/c14-10-4-9(6-16)12(11(15)5-10)19-13-8(7-18)2-1-3-17-13/h1-5,18H,6-7,16H2. The number of rotatable bonds is 4. The fourth-order valence-corrected chi connectivity index (χ4v) is 3.60. The number of aromatic nitrogens is 1. The number of aliphatic hydroxyl groups excluding tert-OH is 1. The van der Waals surface area contributed by atoms with Crippen LogP contribution in [0, 0.1) is 0 Å². The Kier molecular flexibility index (Phi) is 5.24. The van der Waals surface area contributed by atoms with Crippen LogP contribution in [-0.4, -0.2) is 10.1 Å². The molecule has 1 aromatic carbocycles. The third-order valence-corrected chi connectivity index (χ3v) is 4.64. The summed E-state index contributed by atoms with van der Waals surface area (Å²) in [6.45, 7) is 0.338. The Morgan fingerprint density at radius 3 is 2.84 bits per heavy atom. The van der Waals surface area contributed by atoms with E-state index in [1.54, 1.807) is 12.3 Å². The van der Waals surface area contributed by atoms with Crippen molar-refractivity contribution in [1.29, 1.82) is 0 Å². The van der Waals surface area contributed by atoms with E-state index in [4.69, 9.17) is 17.3 Å². The number of hydrogen-bond acceptors (Lipinski definition) is 4. The van der Waals surface area contributed by atoms with Gasteiger partial charge in [0.05, 0.1) is 11.6 Å². The quantitative estimate of drug-likeness (QED) is 0.875. The van der Waals surface area contributed by atoms with Crippen LogP contribution in [0.1, 0.15) is 11.1 Å². The molecular weight excluding hydrogens is 348 g/mol. The molecule has 6 heteroatoms. The first-order valence-electron chi connectivity index (χ1n) is 5.56. The van der Waals surface area contributed by atoms with Crippen molar-refractivity contribution in [2.45, 2.75) is 23.1 Å². The number of aliphatic hydroxyl groups is 1. The first-order chi connectivity index (χ1) is 9.15. The zero-order chi connectivity index (χ0) is 13.8. The average molecular weight is 360 g/mol. The highest BCUT2D eigenvalue weighted by atomic mass is 79.9. The van der Waals surface area contributed by atoms with Gasteiger partial charge in [-0.15, -0.1) is 0 Å². The van der Waals surface area contributed by atoms with E-state index < -0.39 is 0 Å². The van der Waals surface area contributed by atoms with Crippen LogP contribution in [0.15, 0.2) is 44.9 Å². The van der Waals surface area contributed by atoms with Crippen LogP contribution in [0.3, 0.4) is 0 Å². The van der Waals surface area contributed by atoms with Gasteiger partial charge in [0.2, 0.25) is 0 Å². The minimum absolute atomic E-state index is 0.0533. The molecule has 0 saturated carbocycles. The molecule has 2 aromatic rings. The fraction of sp³-hybridized carbons (Fsp3) is 0.154. The molecule has 100 valence electrons. The van der Waals surface area contributed by atoms with E-state index in [0.717, 1.165) is 25.5 Å². The highest BCUT2D eigenvalue weighted by Gasteiger charge is 2.12. The van der Waals surface area contributed by atoms with Crippen LogP contribution in [0.25, 0.3) is 0 Å². The van der Waals surface area contributed by atoms with Gasteiger partial charge < -0.3 is 10.8 Å². The highest BCUT2D eigenvalue weighted by Crippen LogP contribution is 2.38. The summed E-state index contributed by atoms with van der Waals surface area (Å²) in [4.78, 5) is 5.15. The van der Waals surface area contributed by atoms with E-state index in [2.05, 4.69) is 20.9 Å². The lowest BCUT2D eigenvalue weighted by atomic mass is 10.2. The minimum Gasteiger partial charge on any atom is -0.392 e. The third kappa shape index (κ3) is 3.49. The monoisotopic (exact) mass is 358 g/mol. The molecule has 0 aliphatic carbocycles. The topological polar surface area (TPSA) is 59.1 Å². The second kappa shape index (κ2) is 6.72. The zero-order valence-electron chi connectivity index (χ0n) is 9.94. The van der Waals surface area contributed by atoms with Gasteiger partial charge in [-0.2, -0.15) is 0 Å². The van der Waals surface area contributed by atoms with Crippen molar-refractivity contribution in [1.82, 2.24) is 4.98 Å². The molecule has 0 spiro atoms. The molecule has 0 bridgehead atoms. The lowest BCUT2D eigenvalue weighted by Gasteiger charge is -2.11. The minimum atomic E-state index is -0.0533. The summed E-state index contributed by atoms with van der Waals surface area (Å²) >= 11 is 11.1. The van der Waals surface area contributed by atoms with Gasteiger partial charge >= 0.3 is 0 Å². The lowest BCUT2D eigenvalue weighted by molar-refractivity contribution is 0.278. The fourth-order valence-electron chi connectivity index (χ4n) is 1.61. The molecule has 0 radical (unpaired) electrons. The maximum atomic E-state index is 9.32. The van der Waals surface area contributed by atoms with Crippen LogP contribution in [0.4, 0.5) is 0 Å². The first-order valence-corrected chi connectivity index (χ1v) is 7.55. The van der Waals surface area contributed by atoms with E-state index in [1.165, 1.54) is 11.8 Å².